The zero-order valence-corrected chi connectivity index (χ0v) is 19.0. The Hall–Kier alpha value is -3.07. The fourth-order valence-electron chi connectivity index (χ4n) is 2.79. The molecule has 9 heteroatoms. The second kappa shape index (κ2) is 11.9. The molecule has 168 valence electrons. The van der Waals surface area contributed by atoms with Crippen molar-refractivity contribution in [2.24, 2.45) is 5.92 Å². The maximum atomic E-state index is 12.7. The molecule has 1 heterocycles. The fourth-order valence-corrected chi connectivity index (χ4v) is 3.41. The van der Waals surface area contributed by atoms with Gasteiger partial charge in [-0.05, 0) is 42.0 Å². The van der Waals surface area contributed by atoms with Crippen molar-refractivity contribution < 1.29 is 23.9 Å². The Labute approximate surface area is 186 Å². The summed E-state index contributed by atoms with van der Waals surface area (Å²) in [5, 5.41) is 10.1. The number of amides is 3. The maximum Gasteiger partial charge on any atom is 0.262 e. The van der Waals surface area contributed by atoms with E-state index in [0.717, 1.165) is 5.56 Å². The summed E-state index contributed by atoms with van der Waals surface area (Å²) >= 11 is 1.33. The summed E-state index contributed by atoms with van der Waals surface area (Å²) < 4.78 is 10.8. The van der Waals surface area contributed by atoms with E-state index < -0.39 is 6.04 Å². The van der Waals surface area contributed by atoms with Crippen molar-refractivity contribution in [1.29, 1.82) is 0 Å². The number of hydrogen-bond acceptors (Lipinski definition) is 6. The first-order valence-electron chi connectivity index (χ1n) is 10.0. The third-order valence-corrected chi connectivity index (χ3v) is 5.28. The van der Waals surface area contributed by atoms with Crippen LogP contribution in [-0.4, -0.2) is 44.0 Å². The van der Waals surface area contributed by atoms with Crippen molar-refractivity contribution in [1.82, 2.24) is 16.0 Å². The summed E-state index contributed by atoms with van der Waals surface area (Å²) in [4.78, 5) is 37.2. The van der Waals surface area contributed by atoms with Gasteiger partial charge in [-0.3, -0.25) is 14.4 Å². The number of ether oxygens (including phenoxy) is 2. The molecule has 0 spiro atoms. The van der Waals surface area contributed by atoms with E-state index >= 15 is 0 Å². The van der Waals surface area contributed by atoms with Crippen molar-refractivity contribution in [3.05, 3.63) is 46.2 Å². The van der Waals surface area contributed by atoms with E-state index in [1.807, 2.05) is 26.2 Å². The fraction of sp³-hybridized carbons (Fsp3) is 0.409. The number of carbonyl (C=O) groups excluding carboxylic acids is 3. The molecule has 31 heavy (non-hydrogen) atoms. The average molecular weight is 448 g/mol. The number of nitrogens with one attached hydrogen (secondary N) is 3. The van der Waals surface area contributed by atoms with E-state index in [9.17, 15) is 14.4 Å². The zero-order chi connectivity index (χ0) is 22.8. The van der Waals surface area contributed by atoms with Gasteiger partial charge in [0.1, 0.15) is 6.04 Å². The van der Waals surface area contributed by atoms with E-state index in [4.69, 9.17) is 9.47 Å². The molecule has 2 aromatic rings. The molecule has 1 atom stereocenters. The van der Waals surface area contributed by atoms with Crippen LogP contribution in [0, 0.1) is 5.92 Å². The van der Waals surface area contributed by atoms with E-state index in [1.54, 1.807) is 30.3 Å². The van der Waals surface area contributed by atoms with Crippen LogP contribution in [0.3, 0.4) is 0 Å². The van der Waals surface area contributed by atoms with E-state index in [-0.39, 0.29) is 36.8 Å². The van der Waals surface area contributed by atoms with E-state index in [2.05, 4.69) is 16.0 Å². The molecule has 0 aliphatic carbocycles. The number of thiophene rings is 1. The smallest absolute Gasteiger partial charge is 0.262 e. The monoisotopic (exact) mass is 447 g/mol. The molecule has 1 unspecified atom stereocenters. The van der Waals surface area contributed by atoms with Gasteiger partial charge in [-0.15, -0.1) is 11.3 Å². The lowest BCUT2D eigenvalue weighted by atomic mass is 10.0. The lowest BCUT2D eigenvalue weighted by Crippen LogP contribution is -2.49. The van der Waals surface area contributed by atoms with Crippen molar-refractivity contribution in [2.75, 3.05) is 20.3 Å². The van der Waals surface area contributed by atoms with Gasteiger partial charge < -0.3 is 25.4 Å². The Balaban J connectivity index is 1.97. The first-order valence-corrected chi connectivity index (χ1v) is 10.9. The van der Waals surface area contributed by atoms with Crippen molar-refractivity contribution in [2.45, 2.75) is 33.4 Å². The quantitative estimate of drug-likeness (QED) is 0.490. The molecule has 1 aromatic carbocycles. The Morgan fingerprint density at radius 3 is 2.48 bits per heavy atom. The number of carbonyl (C=O) groups is 3. The van der Waals surface area contributed by atoms with Crippen LogP contribution in [0.2, 0.25) is 0 Å². The van der Waals surface area contributed by atoms with Gasteiger partial charge in [0.05, 0.1) is 12.0 Å². The molecule has 0 saturated heterocycles. The average Bonchev–Trinajstić information content (AvgIpc) is 3.29. The summed E-state index contributed by atoms with van der Waals surface area (Å²) in [5.74, 6) is 0.0674. The first-order chi connectivity index (χ1) is 14.8. The molecule has 0 aliphatic rings. The molecule has 0 radical (unpaired) electrons. The summed E-state index contributed by atoms with van der Waals surface area (Å²) in [6.07, 6.45) is 0. The van der Waals surface area contributed by atoms with Gasteiger partial charge in [0.25, 0.3) is 11.8 Å². The summed E-state index contributed by atoms with van der Waals surface area (Å²) in [6, 6.07) is 8.07. The van der Waals surface area contributed by atoms with Crippen LogP contribution < -0.4 is 25.4 Å². The van der Waals surface area contributed by atoms with Gasteiger partial charge in [0.15, 0.2) is 18.1 Å². The number of hydrogen-bond donors (Lipinski definition) is 3. The standard InChI is InChI=1S/C22H29N3O5S/c1-5-23-19(26)13-30-16-9-8-15(11-17(16)29-4)12-24-22(28)20(14(2)3)25-21(27)18-7-6-10-31-18/h6-11,14,20H,5,12-13H2,1-4H3,(H,23,26)(H,24,28)(H,25,27). The van der Waals surface area contributed by atoms with Crippen LogP contribution >= 0.6 is 11.3 Å². The van der Waals surface area contributed by atoms with Crippen LogP contribution in [0.15, 0.2) is 35.7 Å². The summed E-state index contributed by atoms with van der Waals surface area (Å²) in [5.41, 5.74) is 0.794. The van der Waals surface area contributed by atoms with Crippen LogP contribution in [-0.2, 0) is 16.1 Å². The Bertz CT molecular complexity index is 883. The number of rotatable bonds is 11. The van der Waals surface area contributed by atoms with Crippen molar-refractivity contribution in [3.63, 3.8) is 0 Å². The predicted molar refractivity (Wildman–Crippen MR) is 119 cm³/mol. The molecule has 3 N–H and O–H groups in total. The molecular weight excluding hydrogens is 418 g/mol. The van der Waals surface area contributed by atoms with Gasteiger partial charge >= 0.3 is 0 Å². The number of likely N-dealkylation sites (N-methyl/N-ethyl adjacent to an activating group) is 1. The van der Waals surface area contributed by atoms with Gasteiger partial charge in [0, 0.05) is 13.1 Å². The molecule has 0 aliphatic heterocycles. The maximum absolute atomic E-state index is 12.7. The molecule has 1 aromatic heterocycles. The number of benzene rings is 1. The largest absolute Gasteiger partial charge is 0.493 e. The Morgan fingerprint density at radius 2 is 1.87 bits per heavy atom. The highest BCUT2D eigenvalue weighted by Gasteiger charge is 2.25. The van der Waals surface area contributed by atoms with Crippen molar-refractivity contribution >= 4 is 29.1 Å². The van der Waals surface area contributed by atoms with Gasteiger partial charge in [-0.25, -0.2) is 0 Å². The van der Waals surface area contributed by atoms with E-state index in [1.165, 1.54) is 18.4 Å². The third kappa shape index (κ3) is 7.29. The molecule has 2 rings (SSSR count). The highest BCUT2D eigenvalue weighted by molar-refractivity contribution is 7.12. The van der Waals surface area contributed by atoms with Crippen LogP contribution in [0.4, 0.5) is 0 Å². The predicted octanol–water partition coefficient (Wildman–Crippen LogP) is 2.34. The minimum absolute atomic E-state index is 0.0801. The molecule has 8 nitrogen and oxygen atoms in total. The summed E-state index contributed by atoms with van der Waals surface area (Å²) in [6.45, 7) is 6.26. The minimum atomic E-state index is -0.656. The normalized spacial score (nSPS) is 11.5. The highest BCUT2D eigenvalue weighted by Crippen LogP contribution is 2.28. The topological polar surface area (TPSA) is 106 Å². The van der Waals surface area contributed by atoms with Gasteiger partial charge in [-0.1, -0.05) is 26.0 Å². The molecule has 0 saturated carbocycles. The lowest BCUT2D eigenvalue weighted by Gasteiger charge is -2.21. The second-order valence-corrected chi connectivity index (χ2v) is 8.07. The van der Waals surface area contributed by atoms with Crippen LogP contribution in [0.25, 0.3) is 0 Å². The second-order valence-electron chi connectivity index (χ2n) is 7.12. The van der Waals surface area contributed by atoms with E-state index in [0.29, 0.717) is 22.9 Å². The van der Waals surface area contributed by atoms with Crippen LogP contribution in [0.5, 0.6) is 11.5 Å². The summed E-state index contributed by atoms with van der Waals surface area (Å²) in [7, 11) is 1.51. The Morgan fingerprint density at radius 1 is 1.10 bits per heavy atom. The highest BCUT2D eigenvalue weighted by atomic mass is 32.1. The van der Waals surface area contributed by atoms with Gasteiger partial charge in [0.2, 0.25) is 5.91 Å². The van der Waals surface area contributed by atoms with Gasteiger partial charge in [-0.2, -0.15) is 0 Å². The molecule has 3 amide bonds. The lowest BCUT2D eigenvalue weighted by molar-refractivity contribution is -0.124. The molecule has 0 bridgehead atoms. The molecular formula is C22H29N3O5S. The first kappa shape index (κ1) is 24.2. The zero-order valence-electron chi connectivity index (χ0n) is 18.2. The Kier molecular flexibility index (Phi) is 9.33. The molecule has 0 fully saturated rings. The number of methoxy groups -OCH3 is 1. The van der Waals surface area contributed by atoms with Crippen molar-refractivity contribution in [3.8, 4) is 11.5 Å². The minimum Gasteiger partial charge on any atom is -0.493 e. The van der Waals surface area contributed by atoms with Crippen LogP contribution in [0.1, 0.15) is 36.0 Å². The SMILES string of the molecule is CCNC(=O)COc1ccc(CNC(=O)C(NC(=O)c2cccs2)C(C)C)cc1OC. The third-order valence-electron chi connectivity index (χ3n) is 4.41.